The van der Waals surface area contributed by atoms with Crippen molar-refractivity contribution in [2.75, 3.05) is 0 Å². The number of hydrogen-bond acceptors (Lipinski definition) is 8. The van der Waals surface area contributed by atoms with Crippen LogP contribution in [0.5, 0.6) is 0 Å². The van der Waals surface area contributed by atoms with Crippen LogP contribution in [0.1, 0.15) is 95.9 Å². The van der Waals surface area contributed by atoms with E-state index in [9.17, 15) is 5.11 Å². The molecule has 0 aromatic heterocycles. The fourth-order valence-electron chi connectivity index (χ4n) is 5.26. The van der Waals surface area contributed by atoms with Crippen molar-refractivity contribution >= 4 is 0 Å². The van der Waals surface area contributed by atoms with Crippen LogP contribution in [0.4, 0.5) is 0 Å². The van der Waals surface area contributed by atoms with Gasteiger partial charge in [-0.25, -0.2) is 0 Å². The molecule has 206 valence electrons. The average Bonchev–Trinajstić information content (AvgIpc) is 3.16. The molecule has 3 aliphatic rings. The van der Waals surface area contributed by atoms with Gasteiger partial charge in [0.05, 0.1) is 29.5 Å². The lowest BCUT2D eigenvalue weighted by Crippen LogP contribution is -2.52. The van der Waals surface area contributed by atoms with Gasteiger partial charge in [0.25, 0.3) is 0 Å². The number of aliphatic hydroxyl groups excluding tert-OH is 1. The van der Waals surface area contributed by atoms with E-state index in [1.165, 1.54) is 0 Å². The van der Waals surface area contributed by atoms with Crippen LogP contribution in [0, 0.1) is 5.41 Å². The van der Waals surface area contributed by atoms with Crippen molar-refractivity contribution in [3.63, 3.8) is 0 Å². The van der Waals surface area contributed by atoms with Gasteiger partial charge in [0.15, 0.2) is 12.1 Å². The Hall–Kier alpha value is -0.320. The Morgan fingerprint density at radius 1 is 0.829 bits per heavy atom. The first-order chi connectivity index (χ1) is 15.6. The van der Waals surface area contributed by atoms with E-state index in [2.05, 4.69) is 27.7 Å². The van der Waals surface area contributed by atoms with Crippen LogP contribution < -0.4 is 5.73 Å². The Bertz CT molecular complexity index is 739. The van der Waals surface area contributed by atoms with E-state index in [4.69, 9.17) is 34.2 Å². The Morgan fingerprint density at radius 2 is 1.40 bits per heavy atom. The Kier molecular flexibility index (Phi) is 7.90. The molecule has 1 unspecified atom stereocenters. The maximum absolute atomic E-state index is 10.9. The van der Waals surface area contributed by atoms with Crippen LogP contribution in [-0.2, 0) is 28.4 Å². The molecule has 3 saturated heterocycles. The Balaban J connectivity index is 1.77. The molecule has 3 rings (SSSR count). The second-order valence-electron chi connectivity index (χ2n) is 14.1. The van der Waals surface area contributed by atoms with Crippen LogP contribution in [0.2, 0.25) is 0 Å². The zero-order valence-corrected chi connectivity index (χ0v) is 24.0. The molecule has 3 aliphatic heterocycles. The molecule has 0 spiro atoms. The fourth-order valence-corrected chi connectivity index (χ4v) is 5.26. The van der Waals surface area contributed by atoms with Crippen LogP contribution in [-0.4, -0.2) is 76.7 Å². The monoisotopic (exact) mass is 501 g/mol. The van der Waals surface area contributed by atoms with Gasteiger partial charge in [-0.15, -0.1) is 0 Å². The molecule has 0 saturated carbocycles. The zero-order chi connectivity index (χ0) is 26.8. The number of ether oxygens (including phenoxy) is 6. The van der Waals surface area contributed by atoms with E-state index in [-0.39, 0.29) is 41.5 Å². The summed E-state index contributed by atoms with van der Waals surface area (Å²) < 4.78 is 37.8. The number of fused-ring (bicyclic) bond motifs is 1. The number of nitrogens with two attached hydrogens (primary N) is 1. The van der Waals surface area contributed by atoms with E-state index < -0.39 is 35.4 Å². The number of hydrogen-bond donors (Lipinski definition) is 2. The summed E-state index contributed by atoms with van der Waals surface area (Å²) in [5.41, 5.74) is 4.53. The molecule has 8 nitrogen and oxygen atoms in total. The lowest BCUT2D eigenvalue weighted by Gasteiger charge is -2.46. The van der Waals surface area contributed by atoms with E-state index in [1.54, 1.807) is 0 Å². The molecular weight excluding hydrogens is 450 g/mol. The third-order valence-electron chi connectivity index (χ3n) is 7.65. The van der Waals surface area contributed by atoms with E-state index in [0.717, 1.165) is 0 Å². The molecule has 0 aliphatic carbocycles. The van der Waals surface area contributed by atoms with Crippen molar-refractivity contribution in [3.8, 4) is 0 Å². The first-order valence-electron chi connectivity index (χ1n) is 13.1. The van der Waals surface area contributed by atoms with Crippen molar-refractivity contribution < 1.29 is 33.5 Å². The molecule has 35 heavy (non-hydrogen) atoms. The molecule has 0 bridgehead atoms. The lowest BCUT2D eigenvalue weighted by molar-refractivity contribution is -0.236. The summed E-state index contributed by atoms with van der Waals surface area (Å²) in [6.45, 7) is 24.2. The minimum Gasteiger partial charge on any atom is -0.388 e. The topological polar surface area (TPSA) is 102 Å². The lowest BCUT2D eigenvalue weighted by atomic mass is 9.72. The van der Waals surface area contributed by atoms with Crippen LogP contribution in [0.25, 0.3) is 0 Å². The third-order valence-corrected chi connectivity index (χ3v) is 7.65. The third kappa shape index (κ3) is 6.77. The Morgan fingerprint density at radius 3 is 1.94 bits per heavy atom. The minimum absolute atomic E-state index is 0.236. The van der Waals surface area contributed by atoms with Crippen molar-refractivity contribution in [2.24, 2.45) is 11.1 Å². The average molecular weight is 502 g/mol. The largest absolute Gasteiger partial charge is 0.388 e. The summed E-state index contributed by atoms with van der Waals surface area (Å²) in [6.07, 6.45) is -1.81. The second kappa shape index (κ2) is 9.45. The van der Waals surface area contributed by atoms with E-state index in [0.29, 0.717) is 12.8 Å². The fraction of sp³-hybridized carbons (Fsp3) is 1.00. The zero-order valence-electron chi connectivity index (χ0n) is 24.0. The van der Waals surface area contributed by atoms with Gasteiger partial charge < -0.3 is 39.3 Å². The molecule has 3 N–H and O–H groups in total. The highest BCUT2D eigenvalue weighted by Gasteiger charge is 2.58. The second-order valence-corrected chi connectivity index (χ2v) is 14.1. The van der Waals surface area contributed by atoms with Crippen molar-refractivity contribution in [3.05, 3.63) is 0 Å². The van der Waals surface area contributed by atoms with Gasteiger partial charge in [-0.05, 0) is 87.5 Å². The number of aliphatic hydroxyl groups is 1. The smallest absolute Gasteiger partial charge is 0.190 e. The molecule has 0 amide bonds. The molecule has 0 radical (unpaired) electrons. The van der Waals surface area contributed by atoms with Crippen molar-refractivity contribution in [2.45, 2.75) is 167 Å². The Labute approximate surface area is 212 Å². The molecule has 8 atom stereocenters. The summed E-state index contributed by atoms with van der Waals surface area (Å²) in [5, 5.41) is 10.9. The van der Waals surface area contributed by atoms with Gasteiger partial charge >= 0.3 is 0 Å². The predicted octanol–water partition coefficient (Wildman–Crippen LogP) is 3.90. The normalized spacial score (nSPS) is 38.2. The quantitative estimate of drug-likeness (QED) is 0.516. The summed E-state index contributed by atoms with van der Waals surface area (Å²) in [4.78, 5) is 0. The summed E-state index contributed by atoms with van der Waals surface area (Å²) in [5.74, 6) is -0.710. The van der Waals surface area contributed by atoms with Gasteiger partial charge in [0, 0.05) is 5.54 Å². The SMILES string of the molecule is CC1O[C@H](CC(C)(C)N)[C@H](OC(C)(C)C(C)(C)C[C@H]2O[C@@H]3OC(C)(C)O[C@@H]3[C@H]2OC(C)(C)C)[C@H]1O. The molecule has 0 aromatic rings. The maximum Gasteiger partial charge on any atom is 0.190 e. The first-order valence-corrected chi connectivity index (χ1v) is 13.1. The maximum atomic E-state index is 10.9. The first kappa shape index (κ1) is 29.2. The van der Waals surface area contributed by atoms with Gasteiger partial charge in [0.1, 0.15) is 24.4 Å². The van der Waals surface area contributed by atoms with Crippen LogP contribution in [0.15, 0.2) is 0 Å². The standard InChI is InChI=1S/C27H51NO7/c1-15-18(29)19(17(30-15)14-25(7,8)28)33-26(9,10)24(5,6)13-16-20(32-23(2,3)4)21-22(31-16)35-27(11,12)34-21/h15-22,29H,13-14,28H2,1-12H3/t15?,16-,17-,18+,19+,20+,21-,22-/m1/s1. The summed E-state index contributed by atoms with van der Waals surface area (Å²) in [7, 11) is 0. The number of rotatable bonds is 8. The highest BCUT2D eigenvalue weighted by atomic mass is 16.8. The van der Waals surface area contributed by atoms with Crippen LogP contribution >= 0.6 is 0 Å². The molecule has 3 heterocycles. The van der Waals surface area contributed by atoms with Gasteiger partial charge in [-0.1, -0.05) is 13.8 Å². The molecular formula is C27H51NO7. The highest BCUT2D eigenvalue weighted by molar-refractivity contribution is 5.02. The van der Waals surface area contributed by atoms with Crippen molar-refractivity contribution in [1.82, 2.24) is 0 Å². The molecule has 8 heteroatoms. The summed E-state index contributed by atoms with van der Waals surface area (Å²) >= 11 is 0. The van der Waals surface area contributed by atoms with Gasteiger partial charge in [-0.3, -0.25) is 0 Å². The molecule has 3 fully saturated rings. The predicted molar refractivity (Wildman–Crippen MR) is 134 cm³/mol. The highest BCUT2D eigenvalue weighted by Crippen LogP contribution is 2.47. The van der Waals surface area contributed by atoms with Crippen LogP contribution in [0.3, 0.4) is 0 Å². The van der Waals surface area contributed by atoms with Crippen molar-refractivity contribution in [1.29, 1.82) is 0 Å². The van der Waals surface area contributed by atoms with E-state index >= 15 is 0 Å². The summed E-state index contributed by atoms with van der Waals surface area (Å²) in [6, 6.07) is 0. The van der Waals surface area contributed by atoms with Gasteiger partial charge in [-0.2, -0.15) is 0 Å². The minimum atomic E-state index is -0.722. The van der Waals surface area contributed by atoms with Gasteiger partial charge in [0.2, 0.25) is 0 Å². The molecule has 0 aromatic carbocycles. The van der Waals surface area contributed by atoms with E-state index in [1.807, 2.05) is 55.4 Å².